The zero-order valence-electron chi connectivity index (χ0n) is 12.7. The Kier molecular flexibility index (Phi) is 5.89. The van der Waals surface area contributed by atoms with Crippen LogP contribution in [0.25, 0.3) is 0 Å². The molecular weight excluding hydrogens is 318 g/mol. The van der Waals surface area contributed by atoms with Gasteiger partial charge in [-0.2, -0.15) is 0 Å². The summed E-state index contributed by atoms with van der Waals surface area (Å²) >= 11 is 3.43. The molecule has 1 atom stereocenters. The van der Waals surface area contributed by atoms with Crippen LogP contribution < -0.4 is 0 Å². The summed E-state index contributed by atoms with van der Waals surface area (Å²) in [6.07, 6.45) is 4.20. The maximum absolute atomic E-state index is 5.74. The van der Waals surface area contributed by atoms with Gasteiger partial charge in [-0.15, -0.1) is 21.5 Å². The van der Waals surface area contributed by atoms with Gasteiger partial charge in [0.05, 0.1) is 6.61 Å². The molecule has 1 aliphatic heterocycles. The second-order valence-electron chi connectivity index (χ2n) is 5.23. The van der Waals surface area contributed by atoms with Gasteiger partial charge in [-0.1, -0.05) is 17.8 Å². The van der Waals surface area contributed by atoms with Crippen molar-refractivity contribution in [1.82, 2.24) is 14.8 Å². The molecule has 0 amide bonds. The molecule has 1 aliphatic rings. The van der Waals surface area contributed by atoms with Crippen LogP contribution in [0, 0.1) is 0 Å². The van der Waals surface area contributed by atoms with Gasteiger partial charge in [-0.3, -0.25) is 0 Å². The lowest BCUT2D eigenvalue weighted by Crippen LogP contribution is -2.23. The van der Waals surface area contributed by atoms with Crippen LogP contribution in [0.4, 0.5) is 0 Å². The van der Waals surface area contributed by atoms with Gasteiger partial charge in [-0.25, -0.2) is 0 Å². The molecule has 0 N–H and O–H groups in total. The molecule has 5 nitrogen and oxygen atoms in total. The van der Waals surface area contributed by atoms with Gasteiger partial charge in [-0.05, 0) is 30.7 Å². The predicted octanol–water partition coefficient (Wildman–Crippen LogP) is 3.10. The zero-order chi connectivity index (χ0) is 15.2. The molecule has 0 aliphatic carbocycles. The monoisotopic (exact) mass is 339 g/mol. The minimum absolute atomic E-state index is 0.0109. The molecule has 0 bridgehead atoms. The molecule has 120 valence electrons. The normalized spacial score (nSPS) is 18.7. The topological polar surface area (TPSA) is 49.2 Å². The second kappa shape index (κ2) is 8.10. The van der Waals surface area contributed by atoms with E-state index in [0.717, 1.165) is 42.6 Å². The van der Waals surface area contributed by atoms with Crippen LogP contribution in [-0.2, 0) is 22.9 Å². The molecule has 2 aromatic heterocycles. The first-order valence-corrected chi connectivity index (χ1v) is 9.46. The third-order valence-corrected chi connectivity index (χ3v) is 5.45. The summed E-state index contributed by atoms with van der Waals surface area (Å²) < 4.78 is 13.4. The lowest BCUT2D eigenvalue weighted by molar-refractivity contribution is -0.158. The number of nitrogens with zero attached hydrogens (tertiary/aromatic N) is 3. The highest BCUT2D eigenvalue weighted by molar-refractivity contribution is 7.99. The Balaban J connectivity index is 1.43. The van der Waals surface area contributed by atoms with Gasteiger partial charge in [0.1, 0.15) is 5.82 Å². The summed E-state index contributed by atoms with van der Waals surface area (Å²) in [5.41, 5.74) is 0. The quantitative estimate of drug-likeness (QED) is 0.573. The van der Waals surface area contributed by atoms with Crippen molar-refractivity contribution in [3.8, 4) is 0 Å². The molecule has 3 rings (SSSR count). The first kappa shape index (κ1) is 16.0. The average Bonchev–Trinajstić information content (AvgIpc) is 3.17. The molecular formula is C15H21N3O2S2. The van der Waals surface area contributed by atoms with Gasteiger partial charge in [0.15, 0.2) is 11.4 Å². The van der Waals surface area contributed by atoms with Crippen molar-refractivity contribution in [2.45, 2.75) is 37.1 Å². The van der Waals surface area contributed by atoms with Crippen LogP contribution >= 0.6 is 23.1 Å². The molecule has 3 heterocycles. The van der Waals surface area contributed by atoms with E-state index in [2.05, 4.69) is 32.3 Å². The Morgan fingerprint density at radius 3 is 3.18 bits per heavy atom. The SMILES string of the molecule is Cn1c(Cc2cccs2)nnc1SCCOC1CCCCO1. The van der Waals surface area contributed by atoms with Gasteiger partial charge in [0, 0.05) is 30.7 Å². The van der Waals surface area contributed by atoms with Crippen LogP contribution in [0.3, 0.4) is 0 Å². The van der Waals surface area contributed by atoms with Crippen LogP contribution in [0.5, 0.6) is 0 Å². The fraction of sp³-hybridized carbons (Fsp3) is 0.600. The van der Waals surface area contributed by atoms with Crippen molar-refractivity contribution in [2.24, 2.45) is 7.05 Å². The van der Waals surface area contributed by atoms with E-state index in [1.54, 1.807) is 23.1 Å². The Hall–Kier alpha value is -0.890. The molecule has 0 saturated carbocycles. The first-order chi connectivity index (χ1) is 10.8. The molecule has 7 heteroatoms. The van der Waals surface area contributed by atoms with Crippen LogP contribution in [0.15, 0.2) is 22.7 Å². The standard InChI is InChI=1S/C15H21N3O2S2/c1-18-13(11-12-5-4-9-21-12)16-17-15(18)22-10-8-20-14-6-2-3-7-19-14/h4-5,9,14H,2-3,6-8,10-11H2,1H3. The maximum Gasteiger partial charge on any atom is 0.191 e. The first-order valence-electron chi connectivity index (χ1n) is 7.59. The average molecular weight is 339 g/mol. The summed E-state index contributed by atoms with van der Waals surface area (Å²) in [5.74, 6) is 1.87. The molecule has 0 spiro atoms. The van der Waals surface area contributed by atoms with Crippen molar-refractivity contribution in [1.29, 1.82) is 0 Å². The van der Waals surface area contributed by atoms with E-state index in [-0.39, 0.29) is 6.29 Å². The summed E-state index contributed by atoms with van der Waals surface area (Å²) in [6.45, 7) is 1.51. The highest BCUT2D eigenvalue weighted by Crippen LogP contribution is 2.20. The van der Waals surface area contributed by atoms with Crippen LogP contribution in [-0.4, -0.2) is 40.0 Å². The van der Waals surface area contributed by atoms with E-state index < -0.39 is 0 Å². The third-order valence-electron chi connectivity index (χ3n) is 3.59. The van der Waals surface area contributed by atoms with E-state index in [1.807, 2.05) is 7.05 Å². The van der Waals surface area contributed by atoms with Gasteiger partial charge < -0.3 is 14.0 Å². The number of hydrogen-bond acceptors (Lipinski definition) is 6. The Morgan fingerprint density at radius 1 is 1.45 bits per heavy atom. The van der Waals surface area contributed by atoms with E-state index in [9.17, 15) is 0 Å². The van der Waals surface area contributed by atoms with Crippen LogP contribution in [0.2, 0.25) is 0 Å². The molecule has 22 heavy (non-hydrogen) atoms. The summed E-state index contributed by atoms with van der Waals surface area (Å²) in [7, 11) is 2.02. The number of rotatable bonds is 7. The Morgan fingerprint density at radius 2 is 2.41 bits per heavy atom. The molecule has 1 fully saturated rings. The number of thiophene rings is 1. The Bertz CT molecular complexity index is 565. The predicted molar refractivity (Wildman–Crippen MR) is 88.4 cm³/mol. The van der Waals surface area contributed by atoms with Gasteiger partial charge in [0.25, 0.3) is 0 Å². The van der Waals surface area contributed by atoms with Crippen molar-refractivity contribution < 1.29 is 9.47 Å². The van der Waals surface area contributed by atoms with Crippen molar-refractivity contribution in [2.75, 3.05) is 19.0 Å². The van der Waals surface area contributed by atoms with E-state index >= 15 is 0 Å². The fourth-order valence-electron chi connectivity index (χ4n) is 2.35. The molecule has 2 aromatic rings. The van der Waals surface area contributed by atoms with E-state index in [1.165, 1.54) is 11.3 Å². The van der Waals surface area contributed by atoms with Crippen molar-refractivity contribution >= 4 is 23.1 Å². The van der Waals surface area contributed by atoms with Crippen molar-refractivity contribution in [3.05, 3.63) is 28.2 Å². The molecule has 1 unspecified atom stereocenters. The molecule has 0 aromatic carbocycles. The highest BCUT2D eigenvalue weighted by atomic mass is 32.2. The summed E-state index contributed by atoms with van der Waals surface area (Å²) in [4.78, 5) is 1.31. The largest absolute Gasteiger partial charge is 0.353 e. The minimum atomic E-state index is -0.0109. The number of hydrogen-bond donors (Lipinski definition) is 0. The fourth-order valence-corrected chi connectivity index (χ4v) is 3.81. The number of thioether (sulfide) groups is 1. The molecule has 0 radical (unpaired) electrons. The number of ether oxygens (including phenoxy) is 2. The minimum Gasteiger partial charge on any atom is -0.353 e. The molecule has 1 saturated heterocycles. The van der Waals surface area contributed by atoms with E-state index in [0.29, 0.717) is 6.61 Å². The lowest BCUT2D eigenvalue weighted by Gasteiger charge is -2.22. The smallest absolute Gasteiger partial charge is 0.191 e. The summed E-state index contributed by atoms with van der Waals surface area (Å²) in [6, 6.07) is 4.20. The van der Waals surface area contributed by atoms with Gasteiger partial charge >= 0.3 is 0 Å². The van der Waals surface area contributed by atoms with Crippen molar-refractivity contribution in [3.63, 3.8) is 0 Å². The number of aromatic nitrogens is 3. The van der Waals surface area contributed by atoms with Gasteiger partial charge in [0.2, 0.25) is 0 Å². The Labute approximate surface area is 139 Å². The van der Waals surface area contributed by atoms with Crippen LogP contribution in [0.1, 0.15) is 30.0 Å². The third kappa shape index (κ3) is 4.32. The lowest BCUT2D eigenvalue weighted by atomic mass is 10.2. The van der Waals surface area contributed by atoms with E-state index in [4.69, 9.17) is 9.47 Å². The second-order valence-corrected chi connectivity index (χ2v) is 7.32. The maximum atomic E-state index is 5.74. The highest BCUT2D eigenvalue weighted by Gasteiger charge is 2.14. The summed E-state index contributed by atoms with van der Waals surface area (Å²) in [5, 5.41) is 11.6. The zero-order valence-corrected chi connectivity index (χ0v) is 14.4.